The third-order valence-corrected chi connectivity index (χ3v) is 8.34. The second kappa shape index (κ2) is 22.4. The zero-order chi connectivity index (χ0) is 31.4. The Labute approximate surface area is 249 Å². The van der Waals surface area contributed by atoms with E-state index in [9.17, 15) is 44.6 Å². The van der Waals surface area contributed by atoms with Crippen LogP contribution in [-0.2, 0) is 32.7 Å². The SMILES string of the molecule is CCCCCCCCCCCCCCCCCC(=O)O[C@H](COC=O)COP(=O)([O-])OC1[C@H](O)[C@H](O)C(O)[C@H](O)[C@H]1O. The zero-order valence-corrected chi connectivity index (χ0v) is 25.7. The second-order valence-electron chi connectivity index (χ2n) is 11.0. The van der Waals surface area contributed by atoms with Crippen LogP contribution < -0.4 is 4.89 Å². The lowest BCUT2D eigenvalue weighted by atomic mass is 9.85. The summed E-state index contributed by atoms with van der Waals surface area (Å²) in [5, 5.41) is 48.9. The van der Waals surface area contributed by atoms with E-state index in [0.29, 0.717) is 6.42 Å². The Bertz CT molecular complexity index is 754. The maximum atomic E-state index is 12.3. The van der Waals surface area contributed by atoms with Crippen molar-refractivity contribution in [2.75, 3.05) is 13.2 Å². The van der Waals surface area contributed by atoms with Crippen molar-refractivity contribution in [3.8, 4) is 0 Å². The van der Waals surface area contributed by atoms with Gasteiger partial charge in [0.15, 0.2) is 6.10 Å². The number of carbonyl (C=O) groups is 2. The van der Waals surface area contributed by atoms with Crippen LogP contribution in [0.15, 0.2) is 0 Å². The number of ether oxygens (including phenoxy) is 2. The molecule has 42 heavy (non-hydrogen) atoms. The molecule has 0 amide bonds. The van der Waals surface area contributed by atoms with E-state index in [4.69, 9.17) is 4.74 Å². The van der Waals surface area contributed by atoms with Gasteiger partial charge in [-0.1, -0.05) is 96.8 Å². The van der Waals surface area contributed by atoms with Gasteiger partial charge in [0.05, 0.1) is 6.61 Å². The highest BCUT2D eigenvalue weighted by molar-refractivity contribution is 7.45. The fraction of sp³-hybridized carbons (Fsp3) is 0.929. The molecule has 0 aliphatic heterocycles. The number of aliphatic hydroxyl groups excluding tert-OH is 5. The molecule has 14 heteroatoms. The molecule has 8 atom stereocenters. The Balaban J connectivity index is 2.26. The summed E-state index contributed by atoms with van der Waals surface area (Å²) in [6.07, 6.45) is 4.40. The summed E-state index contributed by atoms with van der Waals surface area (Å²) in [7, 11) is -5.30. The molecule has 0 aromatic heterocycles. The number of hydrogen-bond acceptors (Lipinski definition) is 13. The van der Waals surface area contributed by atoms with Crippen molar-refractivity contribution in [2.45, 2.75) is 152 Å². The highest BCUT2D eigenvalue weighted by Gasteiger charge is 2.50. The highest BCUT2D eigenvalue weighted by Crippen LogP contribution is 2.43. The predicted molar refractivity (Wildman–Crippen MR) is 150 cm³/mol. The lowest BCUT2D eigenvalue weighted by Crippen LogP contribution is -2.64. The highest BCUT2D eigenvalue weighted by atomic mass is 31.2. The van der Waals surface area contributed by atoms with Gasteiger partial charge in [-0.05, 0) is 6.42 Å². The van der Waals surface area contributed by atoms with Crippen molar-refractivity contribution in [2.24, 2.45) is 0 Å². The zero-order valence-electron chi connectivity index (χ0n) is 24.8. The molecule has 0 aromatic carbocycles. The number of carbonyl (C=O) groups excluding carboxylic acids is 2. The molecule has 5 N–H and O–H groups in total. The molecule has 0 radical (unpaired) electrons. The smallest absolute Gasteiger partial charge is 0.306 e. The van der Waals surface area contributed by atoms with Crippen LogP contribution in [0.3, 0.4) is 0 Å². The van der Waals surface area contributed by atoms with E-state index >= 15 is 0 Å². The Kier molecular flexibility index (Phi) is 20.7. The normalized spacial score (nSPS) is 26.4. The molecule has 13 nitrogen and oxygen atoms in total. The predicted octanol–water partition coefficient (Wildman–Crippen LogP) is 2.02. The van der Waals surface area contributed by atoms with Crippen molar-refractivity contribution in [1.29, 1.82) is 0 Å². The van der Waals surface area contributed by atoms with E-state index in [0.717, 1.165) is 25.7 Å². The van der Waals surface area contributed by atoms with Crippen LogP contribution in [-0.4, -0.2) is 93.9 Å². The molecule has 0 aromatic rings. The standard InChI is InChI=1S/C28H53O13P/c1-2-3-4-5-6-7-8-9-10-11-12-13-14-15-16-17-22(30)40-21(18-38-20-29)19-39-42(36,37)41-28-26(34)24(32)23(31)25(33)27(28)35/h20-21,23-28,31-35H,2-19H2,1H3,(H,36,37)/p-1/t21-,23?,24-,25+,26-,27-,28?/m1/s1. The topological polar surface area (TPSA) is 212 Å². The molecule has 1 aliphatic rings. The second-order valence-corrected chi connectivity index (χ2v) is 12.4. The summed E-state index contributed by atoms with van der Waals surface area (Å²) >= 11 is 0. The Morgan fingerprint density at radius 2 is 1.17 bits per heavy atom. The molecule has 1 rings (SSSR count). The number of esters is 1. The van der Waals surface area contributed by atoms with E-state index in [1.54, 1.807) is 0 Å². The van der Waals surface area contributed by atoms with Crippen LogP contribution in [0, 0.1) is 0 Å². The van der Waals surface area contributed by atoms with Gasteiger partial charge in [-0.3, -0.25) is 14.2 Å². The molecule has 3 unspecified atom stereocenters. The van der Waals surface area contributed by atoms with Crippen molar-refractivity contribution in [3.05, 3.63) is 0 Å². The molecule has 0 saturated heterocycles. The number of phosphoric acid groups is 1. The average molecular weight is 628 g/mol. The largest absolute Gasteiger partial charge is 0.756 e. The first-order valence-corrected chi connectivity index (χ1v) is 16.8. The van der Waals surface area contributed by atoms with Crippen LogP contribution in [0.2, 0.25) is 0 Å². The fourth-order valence-electron chi connectivity index (χ4n) is 4.82. The maximum Gasteiger partial charge on any atom is 0.306 e. The van der Waals surface area contributed by atoms with Crippen molar-refractivity contribution in [1.82, 2.24) is 0 Å². The molecular formula is C28H52O13P-. The lowest BCUT2D eigenvalue weighted by Gasteiger charge is -2.43. The average Bonchev–Trinajstić information content (AvgIpc) is 2.96. The fourth-order valence-corrected chi connectivity index (χ4v) is 5.78. The molecular weight excluding hydrogens is 575 g/mol. The summed E-state index contributed by atoms with van der Waals surface area (Å²) in [6.45, 7) is 1.02. The maximum absolute atomic E-state index is 12.3. The van der Waals surface area contributed by atoms with Gasteiger partial charge in [0, 0.05) is 6.42 Å². The van der Waals surface area contributed by atoms with Crippen LogP contribution in [0.1, 0.15) is 110 Å². The van der Waals surface area contributed by atoms with Crippen molar-refractivity contribution >= 4 is 20.3 Å². The third kappa shape index (κ3) is 16.1. The minimum Gasteiger partial charge on any atom is -0.756 e. The van der Waals surface area contributed by atoms with Gasteiger partial charge in [-0.2, -0.15) is 0 Å². The first-order chi connectivity index (χ1) is 20.0. The van der Waals surface area contributed by atoms with E-state index in [1.165, 1.54) is 64.2 Å². The number of unbranched alkanes of at least 4 members (excludes halogenated alkanes) is 14. The minimum absolute atomic E-state index is 0.0833. The van der Waals surface area contributed by atoms with Crippen molar-refractivity contribution in [3.63, 3.8) is 0 Å². The molecule has 0 spiro atoms. The first-order valence-electron chi connectivity index (χ1n) is 15.3. The molecule has 1 saturated carbocycles. The number of rotatable bonds is 25. The number of aliphatic hydroxyl groups is 5. The van der Waals surface area contributed by atoms with Crippen LogP contribution in [0.5, 0.6) is 0 Å². The summed E-state index contributed by atoms with van der Waals surface area (Å²) in [5.41, 5.74) is 0. The lowest BCUT2D eigenvalue weighted by molar-refractivity contribution is -0.261. The van der Waals surface area contributed by atoms with E-state index in [2.05, 4.69) is 20.7 Å². The molecule has 0 heterocycles. The molecule has 0 bridgehead atoms. The Morgan fingerprint density at radius 3 is 1.62 bits per heavy atom. The first kappa shape index (κ1) is 38.9. The Hall–Kier alpha value is -1.15. The van der Waals surface area contributed by atoms with Gasteiger partial charge in [-0.15, -0.1) is 0 Å². The summed E-state index contributed by atoms with van der Waals surface area (Å²) in [6, 6.07) is 0. The molecule has 1 aliphatic carbocycles. The Morgan fingerprint density at radius 1 is 0.738 bits per heavy atom. The van der Waals surface area contributed by atoms with Crippen LogP contribution >= 0.6 is 7.82 Å². The summed E-state index contributed by atoms with van der Waals surface area (Å²) < 4.78 is 31.3. The summed E-state index contributed by atoms with van der Waals surface area (Å²) in [5.74, 6) is -0.632. The quantitative estimate of drug-likeness (QED) is 0.0425. The minimum atomic E-state index is -5.30. The van der Waals surface area contributed by atoms with E-state index in [1.807, 2.05) is 0 Å². The molecule has 1 fully saturated rings. The number of phosphoric ester groups is 1. The van der Waals surface area contributed by atoms with Gasteiger partial charge in [0.2, 0.25) is 0 Å². The van der Waals surface area contributed by atoms with E-state index in [-0.39, 0.29) is 12.9 Å². The number of hydrogen-bond donors (Lipinski definition) is 5. The van der Waals surface area contributed by atoms with E-state index < -0.39 is 69.7 Å². The summed E-state index contributed by atoms with van der Waals surface area (Å²) in [4.78, 5) is 35.1. The third-order valence-electron chi connectivity index (χ3n) is 7.37. The van der Waals surface area contributed by atoms with Gasteiger partial charge in [0.1, 0.15) is 43.2 Å². The van der Waals surface area contributed by atoms with Gasteiger partial charge >= 0.3 is 5.97 Å². The monoisotopic (exact) mass is 627 g/mol. The van der Waals surface area contributed by atoms with Crippen LogP contribution in [0.4, 0.5) is 0 Å². The van der Waals surface area contributed by atoms with Crippen LogP contribution in [0.25, 0.3) is 0 Å². The van der Waals surface area contributed by atoms with Gasteiger partial charge < -0.3 is 48.9 Å². The van der Waals surface area contributed by atoms with Crippen molar-refractivity contribution < 1.29 is 63.1 Å². The van der Waals surface area contributed by atoms with Gasteiger partial charge in [-0.25, -0.2) is 0 Å². The molecule has 248 valence electrons. The van der Waals surface area contributed by atoms with Gasteiger partial charge in [0.25, 0.3) is 14.3 Å².